The van der Waals surface area contributed by atoms with Crippen LogP contribution in [-0.4, -0.2) is 37.0 Å². The highest BCUT2D eigenvalue weighted by molar-refractivity contribution is 8.00. The Morgan fingerprint density at radius 3 is 2.57 bits per heavy atom. The molecular formula is C14H19NO4S2. The molecule has 1 aliphatic carbocycles. The van der Waals surface area contributed by atoms with Gasteiger partial charge in [0.15, 0.2) is 0 Å². The Labute approximate surface area is 129 Å². The summed E-state index contributed by atoms with van der Waals surface area (Å²) in [5.41, 5.74) is 0.558. The molecule has 0 unspecified atom stereocenters. The summed E-state index contributed by atoms with van der Waals surface area (Å²) in [6, 6.07) is 4.18. The van der Waals surface area contributed by atoms with Gasteiger partial charge in [0.2, 0.25) is 10.0 Å². The van der Waals surface area contributed by atoms with Gasteiger partial charge in [0.05, 0.1) is 10.5 Å². The zero-order chi connectivity index (χ0) is 15.7. The first-order valence-corrected chi connectivity index (χ1v) is 9.39. The highest BCUT2D eigenvalue weighted by Gasteiger charge is 2.37. The number of aryl methyl sites for hydroxylation is 1. The monoisotopic (exact) mass is 329 g/mol. The van der Waals surface area contributed by atoms with E-state index in [1.54, 1.807) is 18.7 Å². The van der Waals surface area contributed by atoms with Crippen LogP contribution in [0.4, 0.5) is 0 Å². The molecule has 0 amide bonds. The predicted molar refractivity (Wildman–Crippen MR) is 83.4 cm³/mol. The molecule has 2 rings (SSSR count). The van der Waals surface area contributed by atoms with Crippen molar-refractivity contribution < 1.29 is 18.3 Å². The zero-order valence-corrected chi connectivity index (χ0v) is 13.7. The molecule has 2 N–H and O–H groups in total. The fourth-order valence-electron chi connectivity index (χ4n) is 2.33. The van der Waals surface area contributed by atoms with Crippen molar-refractivity contribution in [2.45, 2.75) is 35.8 Å². The first-order chi connectivity index (χ1) is 9.80. The lowest BCUT2D eigenvalue weighted by atomic mass is 9.84. The van der Waals surface area contributed by atoms with Crippen LogP contribution >= 0.6 is 11.8 Å². The molecule has 1 aromatic rings. The van der Waals surface area contributed by atoms with Gasteiger partial charge in [0.1, 0.15) is 0 Å². The van der Waals surface area contributed by atoms with Gasteiger partial charge in [-0.15, -0.1) is 0 Å². The van der Waals surface area contributed by atoms with Gasteiger partial charge in [-0.25, -0.2) is 17.9 Å². The summed E-state index contributed by atoms with van der Waals surface area (Å²) in [7, 11) is -3.68. The average molecular weight is 329 g/mol. The first-order valence-electron chi connectivity index (χ1n) is 6.68. The van der Waals surface area contributed by atoms with Gasteiger partial charge in [-0.05, 0) is 43.7 Å². The highest BCUT2D eigenvalue weighted by atomic mass is 32.2. The normalized spacial score (nSPS) is 17.2. The van der Waals surface area contributed by atoms with Crippen molar-refractivity contribution in [3.05, 3.63) is 29.3 Å². The predicted octanol–water partition coefficient (Wildman–Crippen LogP) is 2.26. The SMILES string of the molecule is CSC1(CNS(=O)(=O)c2ccc(C)c(C(=O)O)c2)CCC1. The third-order valence-corrected chi connectivity index (χ3v) is 6.85. The third kappa shape index (κ3) is 3.41. The molecule has 0 heterocycles. The Balaban J connectivity index is 2.20. The van der Waals surface area contributed by atoms with Crippen molar-refractivity contribution in [1.29, 1.82) is 0 Å². The molecule has 0 bridgehead atoms. The second-order valence-electron chi connectivity index (χ2n) is 5.35. The minimum Gasteiger partial charge on any atom is -0.478 e. The number of sulfonamides is 1. The summed E-state index contributed by atoms with van der Waals surface area (Å²) in [5.74, 6) is -1.12. The first kappa shape index (κ1) is 16.3. The van der Waals surface area contributed by atoms with Crippen LogP contribution < -0.4 is 4.72 Å². The molecule has 116 valence electrons. The lowest BCUT2D eigenvalue weighted by molar-refractivity contribution is 0.0696. The molecule has 0 spiro atoms. The minimum absolute atomic E-state index is 0.000997. The topological polar surface area (TPSA) is 83.5 Å². The average Bonchev–Trinajstić information content (AvgIpc) is 2.37. The Bertz CT molecular complexity index is 645. The maximum Gasteiger partial charge on any atom is 0.335 e. The number of carboxylic acids is 1. The van der Waals surface area contributed by atoms with Gasteiger partial charge >= 0.3 is 5.97 Å². The summed E-state index contributed by atoms with van der Waals surface area (Å²) in [6.07, 6.45) is 5.12. The van der Waals surface area contributed by atoms with E-state index in [4.69, 9.17) is 5.11 Å². The maximum atomic E-state index is 12.3. The fourth-order valence-corrected chi connectivity index (χ4v) is 4.49. The number of hydrogen-bond donors (Lipinski definition) is 2. The molecule has 0 aliphatic heterocycles. The van der Waals surface area contributed by atoms with Crippen molar-refractivity contribution in [3.8, 4) is 0 Å². The highest BCUT2D eigenvalue weighted by Crippen LogP contribution is 2.42. The van der Waals surface area contributed by atoms with Crippen molar-refractivity contribution in [1.82, 2.24) is 4.72 Å². The Morgan fingerprint density at radius 1 is 1.43 bits per heavy atom. The molecule has 7 heteroatoms. The Morgan fingerprint density at radius 2 is 2.10 bits per heavy atom. The van der Waals surface area contributed by atoms with E-state index in [1.807, 2.05) is 6.26 Å². The van der Waals surface area contributed by atoms with Gasteiger partial charge in [-0.1, -0.05) is 12.5 Å². The summed E-state index contributed by atoms with van der Waals surface area (Å²) in [5, 5.41) is 9.08. The molecule has 1 saturated carbocycles. The Kier molecular flexibility index (Phi) is 4.65. The lowest BCUT2D eigenvalue weighted by Gasteiger charge is -2.40. The van der Waals surface area contributed by atoms with E-state index in [0.29, 0.717) is 12.1 Å². The van der Waals surface area contributed by atoms with Crippen molar-refractivity contribution in [2.24, 2.45) is 0 Å². The summed E-state index contributed by atoms with van der Waals surface area (Å²) in [4.78, 5) is 11.1. The standard InChI is InChI=1S/C14H19NO4S2/c1-10-4-5-11(8-12(10)13(16)17)21(18,19)15-9-14(20-2)6-3-7-14/h4-5,8,15H,3,6-7,9H2,1-2H3,(H,16,17). The minimum atomic E-state index is -3.68. The van der Waals surface area contributed by atoms with E-state index in [1.165, 1.54) is 18.2 Å². The molecule has 0 radical (unpaired) electrons. The van der Waals surface area contributed by atoms with Crippen molar-refractivity contribution in [3.63, 3.8) is 0 Å². The van der Waals surface area contributed by atoms with Crippen molar-refractivity contribution in [2.75, 3.05) is 12.8 Å². The van der Waals surface area contributed by atoms with Crippen LogP contribution in [0.25, 0.3) is 0 Å². The molecule has 0 atom stereocenters. The van der Waals surface area contributed by atoms with E-state index in [0.717, 1.165) is 19.3 Å². The van der Waals surface area contributed by atoms with Gasteiger partial charge < -0.3 is 5.11 Å². The van der Waals surface area contributed by atoms with Crippen LogP contribution in [0.1, 0.15) is 35.2 Å². The summed E-state index contributed by atoms with van der Waals surface area (Å²) in [6.45, 7) is 2.02. The van der Waals surface area contributed by atoms with E-state index < -0.39 is 16.0 Å². The molecular weight excluding hydrogens is 310 g/mol. The molecule has 21 heavy (non-hydrogen) atoms. The maximum absolute atomic E-state index is 12.3. The van der Waals surface area contributed by atoms with E-state index in [-0.39, 0.29) is 15.2 Å². The van der Waals surface area contributed by atoms with Gasteiger partial charge in [0.25, 0.3) is 0 Å². The van der Waals surface area contributed by atoms with Crippen LogP contribution in [0, 0.1) is 6.92 Å². The van der Waals surface area contributed by atoms with Crippen LogP contribution in [-0.2, 0) is 10.0 Å². The molecule has 0 aromatic heterocycles. The number of thioether (sulfide) groups is 1. The number of rotatable bonds is 6. The lowest BCUT2D eigenvalue weighted by Crippen LogP contribution is -2.45. The van der Waals surface area contributed by atoms with Crippen molar-refractivity contribution >= 4 is 27.8 Å². The van der Waals surface area contributed by atoms with E-state index >= 15 is 0 Å². The van der Waals surface area contributed by atoms with Crippen LogP contribution in [0.2, 0.25) is 0 Å². The number of carboxylic acid groups (broad SMARTS) is 1. The molecule has 0 saturated heterocycles. The second-order valence-corrected chi connectivity index (χ2v) is 8.39. The summed E-state index contributed by atoms with van der Waals surface area (Å²) >= 11 is 1.68. The number of benzene rings is 1. The third-order valence-electron chi connectivity index (χ3n) is 4.03. The number of aromatic carboxylic acids is 1. The molecule has 1 aromatic carbocycles. The summed E-state index contributed by atoms with van der Waals surface area (Å²) < 4.78 is 27.2. The van der Waals surface area contributed by atoms with E-state index in [2.05, 4.69) is 4.72 Å². The van der Waals surface area contributed by atoms with Gasteiger partial charge in [-0.2, -0.15) is 11.8 Å². The van der Waals surface area contributed by atoms with Crippen LogP contribution in [0.15, 0.2) is 23.1 Å². The molecule has 1 aliphatic rings. The smallest absolute Gasteiger partial charge is 0.335 e. The number of carbonyl (C=O) groups is 1. The Hall–Kier alpha value is -1.05. The number of nitrogens with one attached hydrogen (secondary N) is 1. The largest absolute Gasteiger partial charge is 0.478 e. The van der Waals surface area contributed by atoms with E-state index in [9.17, 15) is 13.2 Å². The molecule has 1 fully saturated rings. The van der Waals surface area contributed by atoms with Gasteiger partial charge in [0, 0.05) is 11.3 Å². The van der Waals surface area contributed by atoms with Crippen LogP contribution in [0.5, 0.6) is 0 Å². The van der Waals surface area contributed by atoms with Crippen LogP contribution in [0.3, 0.4) is 0 Å². The number of hydrogen-bond acceptors (Lipinski definition) is 4. The quantitative estimate of drug-likeness (QED) is 0.836. The molecule has 5 nitrogen and oxygen atoms in total. The van der Waals surface area contributed by atoms with Gasteiger partial charge in [-0.3, -0.25) is 0 Å². The fraction of sp³-hybridized carbons (Fsp3) is 0.500. The second kappa shape index (κ2) is 5.98. The zero-order valence-electron chi connectivity index (χ0n) is 12.0.